The van der Waals surface area contributed by atoms with Gasteiger partial charge in [0.05, 0.1) is 6.04 Å². The Morgan fingerprint density at radius 2 is 2.20 bits per heavy atom. The third-order valence-corrected chi connectivity index (χ3v) is 3.29. The van der Waals surface area contributed by atoms with Crippen molar-refractivity contribution < 1.29 is 29.1 Å². The fourth-order valence-corrected chi connectivity index (χ4v) is 2.37. The molecule has 2 fully saturated rings. The Kier molecular flexibility index (Phi) is 4.23. The summed E-state index contributed by atoms with van der Waals surface area (Å²) in [6, 6.07) is -1.55. The number of esters is 1. The lowest BCUT2D eigenvalue weighted by atomic mass is 10.0. The number of carbonyl (C=O) groups excluding carboxylic acids is 2. The maximum Gasteiger partial charge on any atom is 0.345 e. The molecule has 2 heterocycles. The van der Waals surface area contributed by atoms with E-state index in [4.69, 9.17) is 14.7 Å². The number of fused-ring (bicyclic) bond motifs is 2. The van der Waals surface area contributed by atoms with Crippen LogP contribution in [0.5, 0.6) is 0 Å². The van der Waals surface area contributed by atoms with Gasteiger partial charge in [-0.05, 0) is 12.8 Å². The summed E-state index contributed by atoms with van der Waals surface area (Å²) in [6.45, 7) is 3.40. The maximum absolute atomic E-state index is 12.0. The van der Waals surface area contributed by atoms with Crippen molar-refractivity contribution in [3.8, 4) is 0 Å². The van der Waals surface area contributed by atoms with Crippen molar-refractivity contribution in [3.05, 3.63) is 12.7 Å². The predicted molar refractivity (Wildman–Crippen MR) is 65.5 cm³/mol. The fraction of sp³-hybridized carbons (Fsp3) is 0.583. The smallest absolute Gasteiger partial charge is 0.345 e. The van der Waals surface area contributed by atoms with Crippen LogP contribution >= 0.6 is 0 Å². The molecule has 110 valence electrons. The number of carbonyl (C=O) groups is 3. The van der Waals surface area contributed by atoms with Crippen LogP contribution in [0.2, 0.25) is 0 Å². The van der Waals surface area contributed by atoms with Crippen LogP contribution in [0.25, 0.3) is 0 Å². The molecular weight excluding hydrogens is 268 g/mol. The number of piperidine rings is 1. The molecule has 0 aromatic rings. The molecule has 8 nitrogen and oxygen atoms in total. The van der Waals surface area contributed by atoms with Gasteiger partial charge in [-0.3, -0.25) is 4.84 Å². The molecule has 0 radical (unpaired) electrons. The lowest BCUT2D eigenvalue weighted by Gasteiger charge is -2.26. The van der Waals surface area contributed by atoms with Crippen LogP contribution < -0.4 is 0 Å². The SMILES string of the molecule is C=CCOC(=O)CON1C(=O)N2C[C@H]1CCC2C(=O)O. The molecule has 8 heteroatoms. The second kappa shape index (κ2) is 5.91. The number of carboxylic acid groups (broad SMARTS) is 1. The molecule has 0 aromatic heterocycles. The summed E-state index contributed by atoms with van der Waals surface area (Å²) in [6.07, 6.45) is 2.34. The zero-order valence-electron chi connectivity index (χ0n) is 10.9. The second-order valence-corrected chi connectivity index (χ2v) is 4.59. The van der Waals surface area contributed by atoms with Crippen molar-refractivity contribution in [2.75, 3.05) is 19.8 Å². The summed E-state index contributed by atoms with van der Waals surface area (Å²) < 4.78 is 4.73. The Balaban J connectivity index is 1.91. The highest BCUT2D eigenvalue weighted by atomic mass is 16.7. The molecule has 2 bridgehead atoms. The number of hydrogen-bond donors (Lipinski definition) is 1. The number of ether oxygens (including phenoxy) is 1. The van der Waals surface area contributed by atoms with Gasteiger partial charge in [0.1, 0.15) is 12.6 Å². The number of rotatable bonds is 6. The Morgan fingerprint density at radius 1 is 1.45 bits per heavy atom. The first-order valence-electron chi connectivity index (χ1n) is 6.26. The Labute approximate surface area is 115 Å². The summed E-state index contributed by atoms with van der Waals surface area (Å²) in [7, 11) is 0. The topological polar surface area (TPSA) is 96.4 Å². The minimum absolute atomic E-state index is 0.0762. The zero-order valence-corrected chi connectivity index (χ0v) is 10.9. The van der Waals surface area contributed by atoms with Gasteiger partial charge in [0, 0.05) is 6.54 Å². The first kappa shape index (κ1) is 14.3. The molecule has 1 N–H and O–H groups in total. The van der Waals surface area contributed by atoms with Gasteiger partial charge in [-0.2, -0.15) is 5.06 Å². The highest BCUT2D eigenvalue weighted by Gasteiger charge is 2.48. The second-order valence-electron chi connectivity index (χ2n) is 4.59. The Morgan fingerprint density at radius 3 is 2.85 bits per heavy atom. The molecule has 2 aliphatic heterocycles. The van der Waals surface area contributed by atoms with Gasteiger partial charge in [-0.15, -0.1) is 0 Å². The molecule has 0 saturated carbocycles. The molecule has 2 amide bonds. The molecule has 2 aliphatic rings. The molecule has 2 rings (SSSR count). The predicted octanol–water partition coefficient (Wildman–Crippen LogP) is 0.000400. The van der Waals surface area contributed by atoms with Crippen LogP contribution in [-0.4, -0.2) is 64.9 Å². The largest absolute Gasteiger partial charge is 0.480 e. The van der Waals surface area contributed by atoms with Crippen LogP contribution in [0.1, 0.15) is 12.8 Å². The third kappa shape index (κ3) is 2.74. The average Bonchev–Trinajstić information content (AvgIpc) is 2.66. The first-order chi connectivity index (χ1) is 9.54. The number of urea groups is 1. The van der Waals surface area contributed by atoms with Gasteiger partial charge in [-0.25, -0.2) is 14.4 Å². The van der Waals surface area contributed by atoms with E-state index in [0.717, 1.165) is 5.06 Å². The summed E-state index contributed by atoms with van der Waals surface area (Å²) in [5, 5.41) is 10.1. The van der Waals surface area contributed by atoms with Gasteiger partial charge in [-0.1, -0.05) is 12.7 Å². The van der Waals surface area contributed by atoms with E-state index in [1.54, 1.807) is 0 Å². The Hall–Kier alpha value is -2.09. The fourth-order valence-electron chi connectivity index (χ4n) is 2.37. The van der Waals surface area contributed by atoms with E-state index < -0.39 is 24.0 Å². The summed E-state index contributed by atoms with van der Waals surface area (Å²) in [5.74, 6) is -1.63. The molecule has 0 aliphatic carbocycles. The molecule has 1 unspecified atom stereocenters. The highest BCUT2D eigenvalue weighted by molar-refractivity contribution is 5.84. The van der Waals surface area contributed by atoms with E-state index in [2.05, 4.69) is 6.58 Å². The summed E-state index contributed by atoms with van der Waals surface area (Å²) >= 11 is 0. The van der Waals surface area contributed by atoms with Crippen LogP contribution in [0, 0.1) is 0 Å². The number of aliphatic carboxylic acids is 1. The van der Waals surface area contributed by atoms with Gasteiger partial charge < -0.3 is 14.7 Å². The lowest BCUT2D eigenvalue weighted by Crippen LogP contribution is -2.44. The summed E-state index contributed by atoms with van der Waals surface area (Å²) in [4.78, 5) is 40.8. The van der Waals surface area contributed by atoms with Crippen molar-refractivity contribution in [2.45, 2.75) is 24.9 Å². The van der Waals surface area contributed by atoms with Gasteiger partial charge in [0.25, 0.3) is 0 Å². The Bertz CT molecular complexity index is 438. The summed E-state index contributed by atoms with van der Waals surface area (Å²) in [5.41, 5.74) is 0. The zero-order chi connectivity index (χ0) is 14.7. The van der Waals surface area contributed by atoms with Crippen LogP contribution in [0.3, 0.4) is 0 Å². The molecule has 2 atom stereocenters. The lowest BCUT2D eigenvalue weighted by molar-refractivity contribution is -0.171. The van der Waals surface area contributed by atoms with Crippen molar-refractivity contribution in [3.63, 3.8) is 0 Å². The van der Waals surface area contributed by atoms with E-state index in [9.17, 15) is 14.4 Å². The number of nitrogens with zero attached hydrogens (tertiary/aromatic N) is 2. The van der Waals surface area contributed by atoms with E-state index in [1.807, 2.05) is 0 Å². The highest BCUT2D eigenvalue weighted by Crippen LogP contribution is 2.29. The normalized spacial score (nSPS) is 24.7. The quantitative estimate of drug-likeness (QED) is 0.545. The van der Waals surface area contributed by atoms with Crippen LogP contribution in [0.4, 0.5) is 4.79 Å². The third-order valence-electron chi connectivity index (χ3n) is 3.29. The van der Waals surface area contributed by atoms with E-state index in [0.29, 0.717) is 19.4 Å². The molecular formula is C12H16N2O6. The van der Waals surface area contributed by atoms with Crippen molar-refractivity contribution in [1.29, 1.82) is 0 Å². The van der Waals surface area contributed by atoms with Crippen molar-refractivity contribution in [1.82, 2.24) is 9.96 Å². The standard InChI is InChI=1S/C12H16N2O6/c1-2-5-19-10(15)7-20-14-8-3-4-9(11(16)17)13(6-8)12(14)18/h2,8-9H,1,3-7H2,(H,16,17)/t8-,9?/m1/s1. The van der Waals surface area contributed by atoms with Gasteiger partial charge >= 0.3 is 18.0 Å². The molecule has 20 heavy (non-hydrogen) atoms. The molecule has 0 spiro atoms. The van der Waals surface area contributed by atoms with Crippen LogP contribution in [0.15, 0.2) is 12.7 Å². The number of amides is 2. The first-order valence-corrected chi connectivity index (χ1v) is 6.26. The number of hydrogen-bond acceptors (Lipinski definition) is 5. The maximum atomic E-state index is 12.0. The van der Waals surface area contributed by atoms with Gasteiger partial charge in [0.15, 0.2) is 6.61 Å². The monoisotopic (exact) mass is 284 g/mol. The average molecular weight is 284 g/mol. The van der Waals surface area contributed by atoms with E-state index in [1.165, 1.54) is 11.0 Å². The van der Waals surface area contributed by atoms with Crippen molar-refractivity contribution >= 4 is 18.0 Å². The van der Waals surface area contributed by atoms with Crippen LogP contribution in [-0.2, 0) is 19.2 Å². The van der Waals surface area contributed by atoms with Crippen molar-refractivity contribution in [2.24, 2.45) is 0 Å². The molecule has 0 aromatic carbocycles. The minimum Gasteiger partial charge on any atom is -0.480 e. The van der Waals surface area contributed by atoms with E-state index in [-0.39, 0.29) is 19.3 Å². The van der Waals surface area contributed by atoms with Gasteiger partial charge in [0.2, 0.25) is 0 Å². The molecule has 2 saturated heterocycles. The number of carboxylic acids is 1. The minimum atomic E-state index is -1.02. The van der Waals surface area contributed by atoms with E-state index >= 15 is 0 Å². The number of hydroxylamine groups is 2.